The van der Waals surface area contributed by atoms with Crippen LogP contribution in [0.5, 0.6) is 5.75 Å². The molecule has 29 heavy (non-hydrogen) atoms. The van der Waals surface area contributed by atoms with Crippen LogP contribution in [0.15, 0.2) is 54.2 Å². The maximum Gasteiger partial charge on any atom is 0.416 e. The van der Waals surface area contributed by atoms with Crippen molar-refractivity contribution in [2.75, 3.05) is 11.9 Å². The minimum Gasteiger partial charge on any atom is -0.508 e. The number of alkyl halides is 3. The van der Waals surface area contributed by atoms with Gasteiger partial charge < -0.3 is 15.7 Å². The van der Waals surface area contributed by atoms with Crippen LogP contribution in [0.25, 0.3) is 6.08 Å². The van der Waals surface area contributed by atoms with E-state index in [0.29, 0.717) is 10.5 Å². The van der Waals surface area contributed by atoms with Crippen LogP contribution in [0.1, 0.15) is 11.1 Å². The average Bonchev–Trinajstić information content (AvgIpc) is 2.90. The van der Waals surface area contributed by atoms with Gasteiger partial charge in [-0.25, -0.2) is 9.69 Å². The number of hydrogen-bond acceptors (Lipinski definition) is 4. The third-order valence-electron chi connectivity index (χ3n) is 3.94. The number of rotatable bonds is 4. The molecule has 2 aromatic rings. The molecule has 4 amide bonds. The maximum atomic E-state index is 12.7. The lowest BCUT2D eigenvalue weighted by Gasteiger charge is -2.13. The Balaban J connectivity index is 1.68. The lowest BCUT2D eigenvalue weighted by Crippen LogP contribution is -2.38. The van der Waals surface area contributed by atoms with Crippen molar-refractivity contribution in [3.8, 4) is 5.75 Å². The number of phenolic OH excluding ortho intramolecular Hbond substituents is 1. The van der Waals surface area contributed by atoms with E-state index in [2.05, 4.69) is 10.6 Å². The topological polar surface area (TPSA) is 98.7 Å². The molecule has 2 aromatic carbocycles. The number of urea groups is 1. The Kier molecular flexibility index (Phi) is 5.26. The van der Waals surface area contributed by atoms with E-state index >= 15 is 0 Å². The number of aromatic hydroxyl groups is 1. The Hall–Kier alpha value is -3.82. The van der Waals surface area contributed by atoms with Crippen molar-refractivity contribution in [1.82, 2.24) is 10.2 Å². The zero-order chi connectivity index (χ0) is 21.2. The largest absolute Gasteiger partial charge is 0.508 e. The van der Waals surface area contributed by atoms with Crippen molar-refractivity contribution in [3.05, 3.63) is 65.4 Å². The number of nitrogens with one attached hydrogen (secondary N) is 2. The number of benzene rings is 2. The summed E-state index contributed by atoms with van der Waals surface area (Å²) >= 11 is 0. The number of carbonyl (C=O) groups is 3. The van der Waals surface area contributed by atoms with Gasteiger partial charge >= 0.3 is 12.2 Å². The minimum absolute atomic E-state index is 0.0295. The van der Waals surface area contributed by atoms with Gasteiger partial charge in [0.15, 0.2) is 0 Å². The summed E-state index contributed by atoms with van der Waals surface area (Å²) in [5, 5.41) is 13.8. The molecule has 0 unspecified atom stereocenters. The minimum atomic E-state index is -4.57. The Bertz CT molecular complexity index is 1000. The number of amides is 4. The number of hydrogen-bond donors (Lipinski definition) is 3. The summed E-state index contributed by atoms with van der Waals surface area (Å²) in [5.74, 6) is -1.57. The van der Waals surface area contributed by atoms with E-state index in [1.54, 1.807) is 0 Å². The van der Waals surface area contributed by atoms with Gasteiger partial charge in [-0.2, -0.15) is 13.2 Å². The number of halogens is 3. The van der Waals surface area contributed by atoms with Gasteiger partial charge in [-0.1, -0.05) is 18.2 Å². The number of imide groups is 1. The predicted octanol–water partition coefficient (Wildman–Crippen LogP) is 2.94. The fourth-order valence-corrected chi connectivity index (χ4v) is 2.57. The molecule has 0 bridgehead atoms. The predicted molar refractivity (Wildman–Crippen MR) is 96.4 cm³/mol. The monoisotopic (exact) mass is 405 g/mol. The number of phenols is 1. The van der Waals surface area contributed by atoms with E-state index in [1.165, 1.54) is 36.4 Å². The first-order valence-electron chi connectivity index (χ1n) is 8.24. The second-order valence-electron chi connectivity index (χ2n) is 6.10. The van der Waals surface area contributed by atoms with Crippen LogP contribution in [-0.2, 0) is 15.8 Å². The Morgan fingerprint density at radius 1 is 1.14 bits per heavy atom. The van der Waals surface area contributed by atoms with Crippen LogP contribution in [0.3, 0.4) is 0 Å². The average molecular weight is 405 g/mol. The second-order valence-corrected chi connectivity index (χ2v) is 6.10. The van der Waals surface area contributed by atoms with Gasteiger partial charge in [0.05, 0.1) is 5.56 Å². The third kappa shape index (κ3) is 4.72. The number of anilines is 1. The molecule has 1 aliphatic heterocycles. The molecule has 0 aromatic heterocycles. The van der Waals surface area contributed by atoms with E-state index in [0.717, 1.165) is 18.2 Å². The highest BCUT2D eigenvalue weighted by atomic mass is 19.4. The molecule has 3 rings (SSSR count). The molecule has 3 N–H and O–H groups in total. The molecule has 0 spiro atoms. The first-order chi connectivity index (χ1) is 13.6. The van der Waals surface area contributed by atoms with Gasteiger partial charge in [0.2, 0.25) is 5.91 Å². The van der Waals surface area contributed by atoms with Crippen molar-refractivity contribution < 1.29 is 32.7 Å². The first kappa shape index (κ1) is 19.9. The molecule has 1 aliphatic rings. The van der Waals surface area contributed by atoms with Crippen LogP contribution in [-0.4, -0.2) is 34.4 Å². The van der Waals surface area contributed by atoms with Crippen molar-refractivity contribution in [1.29, 1.82) is 0 Å². The first-order valence-corrected chi connectivity index (χ1v) is 8.24. The van der Waals surface area contributed by atoms with Gasteiger partial charge in [0, 0.05) is 5.69 Å². The normalized spacial score (nSPS) is 15.6. The summed E-state index contributed by atoms with van der Waals surface area (Å²) in [6.45, 7) is -0.673. The van der Waals surface area contributed by atoms with Crippen molar-refractivity contribution in [2.24, 2.45) is 0 Å². The molecule has 0 aliphatic carbocycles. The third-order valence-corrected chi connectivity index (χ3v) is 3.94. The zero-order valence-corrected chi connectivity index (χ0v) is 14.7. The summed E-state index contributed by atoms with van der Waals surface area (Å²) in [7, 11) is 0. The van der Waals surface area contributed by atoms with E-state index in [4.69, 9.17) is 0 Å². The fourth-order valence-electron chi connectivity index (χ4n) is 2.57. The quantitative estimate of drug-likeness (QED) is 0.538. The highest BCUT2D eigenvalue weighted by molar-refractivity contribution is 6.15. The second kappa shape index (κ2) is 7.66. The molecule has 150 valence electrons. The molecule has 0 saturated carbocycles. The lowest BCUT2D eigenvalue weighted by atomic mass is 10.2. The molecule has 0 atom stereocenters. The molecule has 1 heterocycles. The zero-order valence-electron chi connectivity index (χ0n) is 14.7. The summed E-state index contributed by atoms with van der Waals surface area (Å²) in [4.78, 5) is 37.1. The molecular weight excluding hydrogens is 391 g/mol. The van der Waals surface area contributed by atoms with Gasteiger partial charge in [-0.15, -0.1) is 0 Å². The van der Waals surface area contributed by atoms with Gasteiger partial charge in [0.1, 0.15) is 18.0 Å². The molecule has 1 fully saturated rings. The smallest absolute Gasteiger partial charge is 0.416 e. The van der Waals surface area contributed by atoms with E-state index < -0.39 is 36.1 Å². The summed E-state index contributed by atoms with van der Waals surface area (Å²) in [6, 6.07) is 8.99. The van der Waals surface area contributed by atoms with E-state index in [-0.39, 0.29) is 17.1 Å². The molecule has 7 nitrogen and oxygen atoms in total. The summed E-state index contributed by atoms with van der Waals surface area (Å²) in [5.41, 5.74) is -0.601. The highest BCUT2D eigenvalue weighted by Crippen LogP contribution is 2.30. The van der Waals surface area contributed by atoms with Gasteiger partial charge in [-0.05, 0) is 42.0 Å². The molecular formula is C19H14F3N3O4. The van der Waals surface area contributed by atoms with E-state index in [9.17, 15) is 32.7 Å². The Morgan fingerprint density at radius 2 is 1.83 bits per heavy atom. The van der Waals surface area contributed by atoms with E-state index in [1.807, 2.05) is 0 Å². The van der Waals surface area contributed by atoms with Gasteiger partial charge in [-0.3, -0.25) is 9.59 Å². The van der Waals surface area contributed by atoms with Crippen molar-refractivity contribution >= 4 is 29.6 Å². The fraction of sp³-hybridized carbons (Fsp3) is 0.105. The van der Waals surface area contributed by atoms with Crippen LogP contribution in [0.4, 0.5) is 23.7 Å². The summed E-state index contributed by atoms with van der Waals surface area (Å²) in [6.07, 6.45) is -3.20. The lowest BCUT2D eigenvalue weighted by molar-refractivity contribution is -0.137. The maximum absolute atomic E-state index is 12.7. The van der Waals surface area contributed by atoms with Crippen LogP contribution < -0.4 is 10.6 Å². The standard InChI is InChI=1S/C19H14F3N3O4/c20-19(21,22)12-2-1-3-13(9-12)23-16(27)10-25-17(28)15(24-18(25)29)8-11-4-6-14(26)7-5-11/h1-9,26H,10H2,(H,23,27)(H,24,29)/b15-8+. The van der Waals surface area contributed by atoms with Gasteiger partial charge in [0.25, 0.3) is 5.91 Å². The number of carbonyl (C=O) groups excluding carboxylic acids is 3. The van der Waals surface area contributed by atoms with Crippen molar-refractivity contribution in [2.45, 2.75) is 6.18 Å². The summed E-state index contributed by atoms with van der Waals surface area (Å²) < 4.78 is 38.2. The Morgan fingerprint density at radius 3 is 2.48 bits per heavy atom. The van der Waals surface area contributed by atoms with Crippen LogP contribution in [0.2, 0.25) is 0 Å². The molecule has 10 heteroatoms. The molecule has 0 radical (unpaired) electrons. The van der Waals surface area contributed by atoms with Crippen LogP contribution >= 0.6 is 0 Å². The van der Waals surface area contributed by atoms with Crippen molar-refractivity contribution in [3.63, 3.8) is 0 Å². The number of nitrogens with zero attached hydrogens (tertiary/aromatic N) is 1. The Labute approximate surface area is 162 Å². The molecule has 1 saturated heterocycles. The van der Waals surface area contributed by atoms with Crippen LogP contribution in [0, 0.1) is 0 Å². The highest BCUT2D eigenvalue weighted by Gasteiger charge is 2.35. The SMILES string of the molecule is O=C(CN1C(=O)N/C(=C/c2ccc(O)cc2)C1=O)Nc1cccc(C(F)(F)F)c1.